The standard InChI is InChI=1S/C16H16N4O2S/c1-11(22-13-3-2-5-17-9-13)8-18-16(21)15-7-14(19-20-15)12-4-6-23-10-12/h2-7,9-11H,8H2,1H3,(H,18,21)(H,19,20). The van der Waals surface area contributed by atoms with Crippen LogP contribution in [0.3, 0.4) is 0 Å². The molecular formula is C16H16N4O2S. The fourth-order valence-electron chi connectivity index (χ4n) is 2.02. The number of aromatic nitrogens is 3. The zero-order valence-electron chi connectivity index (χ0n) is 12.5. The smallest absolute Gasteiger partial charge is 0.269 e. The number of nitrogens with one attached hydrogen (secondary N) is 2. The predicted molar refractivity (Wildman–Crippen MR) is 88.6 cm³/mol. The van der Waals surface area contributed by atoms with Gasteiger partial charge < -0.3 is 10.1 Å². The Morgan fingerprint density at radius 1 is 1.48 bits per heavy atom. The second-order valence-electron chi connectivity index (χ2n) is 5.01. The SMILES string of the molecule is CC(CNC(=O)c1cc(-c2ccsc2)n[nH]1)Oc1cccnc1. The van der Waals surface area contributed by atoms with Crippen LogP contribution in [0.15, 0.2) is 47.4 Å². The van der Waals surface area contributed by atoms with Crippen LogP contribution in [-0.4, -0.2) is 33.7 Å². The number of amides is 1. The van der Waals surface area contributed by atoms with Gasteiger partial charge in [0.15, 0.2) is 0 Å². The van der Waals surface area contributed by atoms with Crippen LogP contribution >= 0.6 is 11.3 Å². The quantitative estimate of drug-likeness (QED) is 0.729. The topological polar surface area (TPSA) is 79.9 Å². The molecule has 2 N–H and O–H groups in total. The number of hydrogen-bond acceptors (Lipinski definition) is 5. The van der Waals surface area contributed by atoms with Crippen LogP contribution in [0.5, 0.6) is 5.75 Å². The molecule has 6 nitrogen and oxygen atoms in total. The molecule has 7 heteroatoms. The Kier molecular flexibility index (Phi) is 4.68. The third-order valence-corrected chi connectivity index (χ3v) is 3.84. The summed E-state index contributed by atoms with van der Waals surface area (Å²) in [5.74, 6) is 0.469. The van der Waals surface area contributed by atoms with E-state index in [4.69, 9.17) is 4.74 Å². The number of pyridine rings is 1. The van der Waals surface area contributed by atoms with E-state index in [9.17, 15) is 4.79 Å². The van der Waals surface area contributed by atoms with Crippen LogP contribution in [0.2, 0.25) is 0 Å². The van der Waals surface area contributed by atoms with Crippen molar-refractivity contribution in [2.45, 2.75) is 13.0 Å². The van der Waals surface area contributed by atoms with Gasteiger partial charge in [0.25, 0.3) is 5.91 Å². The highest BCUT2D eigenvalue weighted by atomic mass is 32.1. The number of rotatable bonds is 6. The third kappa shape index (κ3) is 3.95. The van der Waals surface area contributed by atoms with E-state index in [0.717, 1.165) is 11.3 Å². The molecule has 0 aliphatic carbocycles. The fourth-order valence-corrected chi connectivity index (χ4v) is 2.67. The number of hydrogen-bond donors (Lipinski definition) is 2. The average Bonchev–Trinajstić information content (AvgIpc) is 3.24. The minimum Gasteiger partial charge on any atom is -0.487 e. The lowest BCUT2D eigenvalue weighted by molar-refractivity contribution is 0.0927. The van der Waals surface area contributed by atoms with Gasteiger partial charge in [-0.15, -0.1) is 0 Å². The number of aromatic amines is 1. The molecule has 1 amide bonds. The van der Waals surface area contributed by atoms with Gasteiger partial charge in [-0.3, -0.25) is 14.9 Å². The van der Waals surface area contributed by atoms with Crippen LogP contribution in [0.25, 0.3) is 11.3 Å². The molecule has 3 rings (SSSR count). The summed E-state index contributed by atoms with van der Waals surface area (Å²) in [5, 5.41) is 13.7. The Balaban J connectivity index is 1.53. The van der Waals surface area contributed by atoms with Crippen LogP contribution in [-0.2, 0) is 0 Å². The third-order valence-electron chi connectivity index (χ3n) is 3.16. The maximum Gasteiger partial charge on any atom is 0.269 e. The van der Waals surface area contributed by atoms with Crippen molar-refractivity contribution in [3.05, 3.63) is 53.1 Å². The largest absolute Gasteiger partial charge is 0.487 e. The lowest BCUT2D eigenvalue weighted by Gasteiger charge is -2.14. The highest BCUT2D eigenvalue weighted by Gasteiger charge is 2.13. The van der Waals surface area contributed by atoms with Gasteiger partial charge in [0.05, 0.1) is 18.4 Å². The summed E-state index contributed by atoms with van der Waals surface area (Å²) < 4.78 is 5.66. The summed E-state index contributed by atoms with van der Waals surface area (Å²) in [5.41, 5.74) is 2.19. The molecular weight excluding hydrogens is 312 g/mol. The molecule has 0 bridgehead atoms. The van der Waals surface area contributed by atoms with E-state index in [1.54, 1.807) is 35.9 Å². The Hall–Kier alpha value is -2.67. The highest BCUT2D eigenvalue weighted by molar-refractivity contribution is 7.08. The van der Waals surface area contributed by atoms with Crippen molar-refractivity contribution in [2.24, 2.45) is 0 Å². The van der Waals surface area contributed by atoms with Gasteiger partial charge in [-0.1, -0.05) is 0 Å². The first kappa shape index (κ1) is 15.2. The molecule has 1 atom stereocenters. The van der Waals surface area contributed by atoms with Crippen LogP contribution in [0, 0.1) is 0 Å². The first-order valence-corrected chi connectivity index (χ1v) is 8.09. The molecule has 118 valence electrons. The van der Waals surface area contributed by atoms with Gasteiger partial charge in [0.2, 0.25) is 0 Å². The van der Waals surface area contributed by atoms with Crippen molar-refractivity contribution in [2.75, 3.05) is 6.54 Å². The summed E-state index contributed by atoms with van der Waals surface area (Å²) in [7, 11) is 0. The van der Waals surface area contributed by atoms with Gasteiger partial charge in [-0.2, -0.15) is 16.4 Å². The molecule has 0 saturated heterocycles. The number of ether oxygens (including phenoxy) is 1. The van der Waals surface area contributed by atoms with E-state index in [-0.39, 0.29) is 12.0 Å². The van der Waals surface area contributed by atoms with Crippen molar-refractivity contribution in [3.8, 4) is 17.0 Å². The fraction of sp³-hybridized carbons (Fsp3) is 0.188. The van der Waals surface area contributed by atoms with E-state index < -0.39 is 0 Å². The minimum absolute atomic E-state index is 0.164. The van der Waals surface area contributed by atoms with Crippen molar-refractivity contribution < 1.29 is 9.53 Å². The molecule has 0 radical (unpaired) electrons. The van der Waals surface area contributed by atoms with Gasteiger partial charge in [0.1, 0.15) is 17.5 Å². The van der Waals surface area contributed by atoms with E-state index >= 15 is 0 Å². The first-order valence-electron chi connectivity index (χ1n) is 7.15. The molecule has 0 aromatic carbocycles. The summed E-state index contributed by atoms with van der Waals surface area (Å²) in [6, 6.07) is 7.33. The van der Waals surface area contributed by atoms with E-state index in [1.807, 2.05) is 29.8 Å². The zero-order valence-corrected chi connectivity index (χ0v) is 13.3. The van der Waals surface area contributed by atoms with E-state index in [1.165, 1.54) is 0 Å². The Bertz CT molecular complexity index is 756. The molecule has 0 spiro atoms. The second-order valence-corrected chi connectivity index (χ2v) is 5.79. The molecule has 1 unspecified atom stereocenters. The molecule has 23 heavy (non-hydrogen) atoms. The molecule has 3 heterocycles. The van der Waals surface area contributed by atoms with Crippen molar-refractivity contribution in [1.82, 2.24) is 20.5 Å². The van der Waals surface area contributed by atoms with Crippen molar-refractivity contribution in [1.29, 1.82) is 0 Å². The Labute approximate surface area is 137 Å². The lowest BCUT2D eigenvalue weighted by Crippen LogP contribution is -2.33. The normalized spacial score (nSPS) is 11.9. The van der Waals surface area contributed by atoms with Gasteiger partial charge in [-0.25, -0.2) is 0 Å². The van der Waals surface area contributed by atoms with Crippen molar-refractivity contribution in [3.63, 3.8) is 0 Å². The van der Waals surface area contributed by atoms with Crippen LogP contribution in [0.1, 0.15) is 17.4 Å². The van der Waals surface area contributed by atoms with Crippen molar-refractivity contribution >= 4 is 17.2 Å². The number of thiophene rings is 1. The minimum atomic E-state index is -0.208. The monoisotopic (exact) mass is 328 g/mol. The Morgan fingerprint density at radius 3 is 3.13 bits per heavy atom. The molecule has 3 aromatic heterocycles. The van der Waals surface area contributed by atoms with E-state index in [0.29, 0.717) is 18.0 Å². The maximum atomic E-state index is 12.1. The molecule has 0 aliphatic heterocycles. The Morgan fingerprint density at radius 2 is 2.39 bits per heavy atom. The molecule has 3 aromatic rings. The number of carbonyl (C=O) groups excluding carboxylic acids is 1. The molecule has 0 fully saturated rings. The summed E-state index contributed by atoms with van der Waals surface area (Å²) in [6.45, 7) is 2.28. The number of carbonyl (C=O) groups is 1. The highest BCUT2D eigenvalue weighted by Crippen LogP contribution is 2.20. The number of nitrogens with zero attached hydrogens (tertiary/aromatic N) is 2. The lowest BCUT2D eigenvalue weighted by atomic mass is 10.2. The van der Waals surface area contributed by atoms with Gasteiger partial charge in [-0.05, 0) is 36.6 Å². The predicted octanol–water partition coefficient (Wildman–Crippen LogP) is 2.73. The first-order chi connectivity index (χ1) is 11.2. The average molecular weight is 328 g/mol. The molecule has 0 aliphatic rings. The molecule has 0 saturated carbocycles. The summed E-state index contributed by atoms with van der Waals surface area (Å²) >= 11 is 1.59. The van der Waals surface area contributed by atoms with Crippen LogP contribution in [0.4, 0.5) is 0 Å². The van der Waals surface area contributed by atoms with Crippen LogP contribution < -0.4 is 10.1 Å². The summed E-state index contributed by atoms with van der Waals surface area (Å²) in [6.07, 6.45) is 3.16. The van der Waals surface area contributed by atoms with Gasteiger partial charge >= 0.3 is 0 Å². The zero-order chi connectivity index (χ0) is 16.1. The number of H-pyrrole nitrogens is 1. The summed E-state index contributed by atoms with van der Waals surface area (Å²) in [4.78, 5) is 16.1. The second kappa shape index (κ2) is 7.06. The van der Waals surface area contributed by atoms with Gasteiger partial charge in [0, 0.05) is 17.1 Å². The van der Waals surface area contributed by atoms with E-state index in [2.05, 4.69) is 20.5 Å². The maximum absolute atomic E-state index is 12.1.